The molecule has 31 heavy (non-hydrogen) atoms. The molecule has 3 heteroatoms. The largest absolute Gasteiger partial charge is 0.393 e. The lowest BCUT2D eigenvalue weighted by molar-refractivity contribution is -0.114. The molecule has 4 aliphatic rings. The zero-order valence-corrected chi connectivity index (χ0v) is 19.4. The number of allylic oxidation sites excluding steroid dienone is 4. The number of rotatable bonds is 4. The van der Waals surface area contributed by atoms with Gasteiger partial charge in [0.15, 0.2) is 5.78 Å². The Morgan fingerprint density at radius 3 is 2.65 bits per heavy atom. The van der Waals surface area contributed by atoms with Crippen LogP contribution in [0.1, 0.15) is 78.1 Å². The second-order valence-electron chi connectivity index (χ2n) is 11.2. The van der Waals surface area contributed by atoms with E-state index in [9.17, 15) is 15.0 Å². The van der Waals surface area contributed by atoms with Gasteiger partial charge in [-0.15, -0.1) is 0 Å². The number of carbonyl (C=O) groups is 1. The van der Waals surface area contributed by atoms with E-state index in [0.717, 1.165) is 36.0 Å². The second-order valence-corrected chi connectivity index (χ2v) is 11.2. The smallest absolute Gasteiger partial charge is 0.158 e. The monoisotopic (exact) mass is 424 g/mol. The molecule has 7 atom stereocenters. The normalized spacial score (nSPS) is 42.5. The van der Waals surface area contributed by atoms with Crippen molar-refractivity contribution in [2.45, 2.75) is 90.3 Å². The highest BCUT2D eigenvalue weighted by Crippen LogP contribution is 2.60. The van der Waals surface area contributed by atoms with Crippen molar-refractivity contribution in [3.63, 3.8) is 0 Å². The van der Waals surface area contributed by atoms with Crippen LogP contribution in [0.25, 0.3) is 0 Å². The summed E-state index contributed by atoms with van der Waals surface area (Å²) in [6, 6.07) is 0. The number of fused-ring (bicyclic) bond motifs is 1. The molecule has 0 amide bonds. The third-order valence-corrected chi connectivity index (χ3v) is 9.10. The first-order valence-electron chi connectivity index (χ1n) is 12.3. The van der Waals surface area contributed by atoms with Gasteiger partial charge >= 0.3 is 0 Å². The Morgan fingerprint density at radius 2 is 1.94 bits per heavy atom. The van der Waals surface area contributed by atoms with Crippen molar-refractivity contribution >= 4 is 5.78 Å². The minimum atomic E-state index is -0.625. The maximum atomic E-state index is 11.9. The first kappa shape index (κ1) is 22.7. The highest BCUT2D eigenvalue weighted by molar-refractivity contribution is 5.97. The van der Waals surface area contributed by atoms with Gasteiger partial charge in [-0.3, -0.25) is 4.79 Å². The molecule has 0 bridgehead atoms. The Bertz CT molecular complexity index is 802. The Kier molecular flexibility index (Phi) is 6.47. The average molecular weight is 425 g/mol. The number of carbonyl (C=O) groups excluding carboxylic acids is 1. The van der Waals surface area contributed by atoms with Crippen LogP contribution in [-0.2, 0) is 4.79 Å². The molecule has 2 unspecified atom stereocenters. The van der Waals surface area contributed by atoms with Gasteiger partial charge in [-0.05, 0) is 97.2 Å². The first-order chi connectivity index (χ1) is 14.7. The van der Waals surface area contributed by atoms with Crippen LogP contribution in [0.4, 0.5) is 0 Å². The molecule has 4 rings (SSSR count). The van der Waals surface area contributed by atoms with Crippen LogP contribution in [0.3, 0.4) is 0 Å². The standard InChI is InChI=1S/C28H40O3/c1-17(12-20-13-18(2)26(30)14-20)24-9-10-25-21(6-5-11-28(24,25)4)7-8-22-15-23(29)16-27(31)19(22)3/h7-8,17,20,23-25,27,29,31H,2-3,5-6,9-16H2,1,4H3/b21-7+,22-8-/t17-,20?,23-,24-,25?,27+,28-/m1/s1. The van der Waals surface area contributed by atoms with Crippen molar-refractivity contribution in [3.8, 4) is 0 Å². The van der Waals surface area contributed by atoms with E-state index < -0.39 is 12.2 Å². The summed E-state index contributed by atoms with van der Waals surface area (Å²) in [6.07, 6.45) is 13.3. The molecule has 0 aromatic carbocycles. The molecule has 2 N–H and O–H groups in total. The van der Waals surface area contributed by atoms with Crippen molar-refractivity contribution in [2.24, 2.45) is 29.1 Å². The lowest BCUT2D eigenvalue weighted by Crippen LogP contribution is -2.36. The molecule has 0 spiro atoms. The Balaban J connectivity index is 1.48. The van der Waals surface area contributed by atoms with Crippen molar-refractivity contribution in [2.75, 3.05) is 0 Å². The molecule has 0 aliphatic heterocycles. The number of Topliss-reactive ketones (excluding diaryl/α,β-unsaturated/α-hetero) is 1. The van der Waals surface area contributed by atoms with Crippen molar-refractivity contribution in [3.05, 3.63) is 47.6 Å². The summed E-state index contributed by atoms with van der Waals surface area (Å²) in [7, 11) is 0. The van der Waals surface area contributed by atoms with E-state index in [4.69, 9.17) is 0 Å². The van der Waals surface area contributed by atoms with Crippen LogP contribution in [0, 0.1) is 29.1 Å². The quantitative estimate of drug-likeness (QED) is 0.570. The number of ketones is 1. The number of aliphatic hydroxyl groups is 2. The fraction of sp³-hybridized carbons (Fsp3) is 0.679. The molecular weight excluding hydrogens is 384 g/mol. The molecule has 0 aromatic rings. The summed E-state index contributed by atoms with van der Waals surface area (Å²) >= 11 is 0. The molecule has 4 fully saturated rings. The molecule has 4 saturated carbocycles. The predicted molar refractivity (Wildman–Crippen MR) is 125 cm³/mol. The van der Waals surface area contributed by atoms with Crippen LogP contribution in [0.15, 0.2) is 47.6 Å². The summed E-state index contributed by atoms with van der Waals surface area (Å²) in [5, 5.41) is 20.2. The van der Waals surface area contributed by atoms with E-state index in [1.54, 1.807) is 5.57 Å². The van der Waals surface area contributed by atoms with E-state index in [2.05, 4.69) is 39.2 Å². The van der Waals surface area contributed by atoms with Gasteiger partial charge < -0.3 is 10.2 Å². The van der Waals surface area contributed by atoms with Crippen molar-refractivity contribution in [1.82, 2.24) is 0 Å². The maximum Gasteiger partial charge on any atom is 0.158 e. The molecule has 0 radical (unpaired) electrons. The molecule has 0 saturated heterocycles. The highest BCUT2D eigenvalue weighted by atomic mass is 16.3. The molecule has 3 nitrogen and oxygen atoms in total. The van der Waals surface area contributed by atoms with Gasteiger partial charge in [0, 0.05) is 12.8 Å². The minimum Gasteiger partial charge on any atom is -0.393 e. The molecular formula is C28H40O3. The summed E-state index contributed by atoms with van der Waals surface area (Å²) in [5.74, 6) is 2.75. The van der Waals surface area contributed by atoms with Gasteiger partial charge in [-0.25, -0.2) is 0 Å². The van der Waals surface area contributed by atoms with Crippen LogP contribution in [0.2, 0.25) is 0 Å². The summed E-state index contributed by atoms with van der Waals surface area (Å²) in [5.41, 5.74) is 4.49. The molecule has 0 aromatic heterocycles. The Hall–Kier alpha value is -1.45. The van der Waals surface area contributed by atoms with E-state index in [1.165, 1.54) is 25.7 Å². The third kappa shape index (κ3) is 4.41. The number of hydrogen-bond donors (Lipinski definition) is 2. The zero-order valence-electron chi connectivity index (χ0n) is 19.4. The molecule has 4 aliphatic carbocycles. The first-order valence-corrected chi connectivity index (χ1v) is 12.3. The fourth-order valence-electron chi connectivity index (χ4n) is 7.48. The van der Waals surface area contributed by atoms with E-state index in [-0.39, 0.29) is 5.78 Å². The van der Waals surface area contributed by atoms with Crippen LogP contribution < -0.4 is 0 Å². The lowest BCUT2D eigenvalue weighted by atomic mass is 9.60. The molecule has 0 heterocycles. The number of hydrogen-bond acceptors (Lipinski definition) is 3. The van der Waals surface area contributed by atoms with Crippen LogP contribution in [0.5, 0.6) is 0 Å². The van der Waals surface area contributed by atoms with E-state index >= 15 is 0 Å². The van der Waals surface area contributed by atoms with E-state index in [0.29, 0.717) is 48.3 Å². The second kappa shape index (κ2) is 8.83. The van der Waals surface area contributed by atoms with Crippen molar-refractivity contribution < 1.29 is 15.0 Å². The van der Waals surface area contributed by atoms with Gasteiger partial charge in [-0.2, -0.15) is 0 Å². The van der Waals surface area contributed by atoms with Gasteiger partial charge in [0.2, 0.25) is 0 Å². The third-order valence-electron chi connectivity index (χ3n) is 9.10. The summed E-state index contributed by atoms with van der Waals surface area (Å²) < 4.78 is 0. The zero-order chi connectivity index (χ0) is 22.3. The SMILES string of the molecule is C=C1CC(C[C@@H](C)[C@H]2CCC3/C(=C/C=C4/C[C@@H](O)C[C@H](O)C4=C)CCC[C@@]32C)CC1=O. The van der Waals surface area contributed by atoms with E-state index in [1.807, 2.05) is 0 Å². The van der Waals surface area contributed by atoms with Crippen LogP contribution >= 0.6 is 0 Å². The summed E-state index contributed by atoms with van der Waals surface area (Å²) in [4.78, 5) is 11.9. The lowest BCUT2D eigenvalue weighted by Gasteiger charge is -2.44. The van der Waals surface area contributed by atoms with Gasteiger partial charge in [0.05, 0.1) is 12.2 Å². The van der Waals surface area contributed by atoms with Gasteiger partial charge in [-0.1, -0.05) is 44.7 Å². The maximum absolute atomic E-state index is 11.9. The minimum absolute atomic E-state index is 0.281. The predicted octanol–water partition coefficient (Wildman–Crippen LogP) is 5.69. The summed E-state index contributed by atoms with van der Waals surface area (Å²) in [6.45, 7) is 12.9. The molecule has 170 valence electrons. The number of aliphatic hydroxyl groups excluding tert-OH is 2. The Morgan fingerprint density at radius 1 is 1.16 bits per heavy atom. The topological polar surface area (TPSA) is 57.5 Å². The average Bonchev–Trinajstić information content (AvgIpc) is 3.22. The van der Waals surface area contributed by atoms with Crippen LogP contribution in [-0.4, -0.2) is 28.2 Å². The Labute approximate surface area is 188 Å². The highest BCUT2D eigenvalue weighted by Gasteiger charge is 2.51. The van der Waals surface area contributed by atoms with Gasteiger partial charge in [0.1, 0.15) is 0 Å². The van der Waals surface area contributed by atoms with Gasteiger partial charge in [0.25, 0.3) is 0 Å². The van der Waals surface area contributed by atoms with Crippen molar-refractivity contribution in [1.29, 1.82) is 0 Å². The fourth-order valence-corrected chi connectivity index (χ4v) is 7.48.